The van der Waals surface area contributed by atoms with Crippen LogP contribution < -0.4 is 10.2 Å². The van der Waals surface area contributed by atoms with E-state index in [2.05, 4.69) is 36.2 Å². The summed E-state index contributed by atoms with van der Waals surface area (Å²) in [5, 5.41) is 3.43. The Bertz CT molecular complexity index is 583. The SMILES string of the molecule is CCNC(C)c1ccccc1N(C)Cc1ccccc1F. The lowest BCUT2D eigenvalue weighted by Crippen LogP contribution is -2.23. The Hall–Kier alpha value is -1.87. The van der Waals surface area contributed by atoms with Crippen LogP contribution in [0.2, 0.25) is 0 Å². The Morgan fingerprint density at radius 1 is 1.10 bits per heavy atom. The third kappa shape index (κ3) is 3.82. The summed E-state index contributed by atoms with van der Waals surface area (Å²) in [5.41, 5.74) is 3.08. The molecule has 0 aliphatic carbocycles. The molecule has 2 aromatic rings. The Morgan fingerprint density at radius 3 is 2.48 bits per heavy atom. The van der Waals surface area contributed by atoms with Crippen molar-refractivity contribution in [1.29, 1.82) is 0 Å². The largest absolute Gasteiger partial charge is 0.370 e. The van der Waals surface area contributed by atoms with Crippen molar-refractivity contribution < 1.29 is 4.39 Å². The van der Waals surface area contributed by atoms with Gasteiger partial charge in [0.1, 0.15) is 5.82 Å². The highest BCUT2D eigenvalue weighted by atomic mass is 19.1. The summed E-state index contributed by atoms with van der Waals surface area (Å²) in [5.74, 6) is -0.151. The van der Waals surface area contributed by atoms with Gasteiger partial charge in [0.15, 0.2) is 0 Å². The van der Waals surface area contributed by atoms with Gasteiger partial charge in [0, 0.05) is 30.9 Å². The Labute approximate surface area is 126 Å². The maximum absolute atomic E-state index is 13.8. The summed E-state index contributed by atoms with van der Waals surface area (Å²) in [4.78, 5) is 2.10. The molecule has 3 heteroatoms. The lowest BCUT2D eigenvalue weighted by Gasteiger charge is -2.25. The topological polar surface area (TPSA) is 15.3 Å². The molecular formula is C18H23FN2. The smallest absolute Gasteiger partial charge is 0.128 e. The second-order valence-corrected chi connectivity index (χ2v) is 5.29. The summed E-state index contributed by atoms with van der Waals surface area (Å²) in [6.45, 7) is 5.73. The third-order valence-corrected chi connectivity index (χ3v) is 3.69. The van der Waals surface area contributed by atoms with Crippen LogP contribution in [0, 0.1) is 5.82 Å². The molecule has 0 amide bonds. The highest BCUT2D eigenvalue weighted by molar-refractivity contribution is 5.54. The summed E-state index contributed by atoms with van der Waals surface area (Å²) >= 11 is 0. The molecule has 0 aliphatic heterocycles. The van der Waals surface area contributed by atoms with Crippen LogP contribution in [0.15, 0.2) is 48.5 Å². The Balaban J connectivity index is 2.23. The number of anilines is 1. The molecule has 0 saturated carbocycles. The van der Waals surface area contributed by atoms with E-state index in [0.29, 0.717) is 12.1 Å². The molecule has 0 aromatic heterocycles. The van der Waals surface area contributed by atoms with Crippen LogP contribution >= 0.6 is 0 Å². The standard InChI is InChI=1S/C18H23FN2/c1-4-20-14(2)16-10-6-8-12-18(16)21(3)13-15-9-5-7-11-17(15)19/h5-12,14,20H,4,13H2,1-3H3. The highest BCUT2D eigenvalue weighted by Crippen LogP contribution is 2.26. The molecule has 0 heterocycles. The van der Waals surface area contributed by atoms with Crippen LogP contribution in [0.3, 0.4) is 0 Å². The highest BCUT2D eigenvalue weighted by Gasteiger charge is 2.13. The maximum Gasteiger partial charge on any atom is 0.128 e. The average Bonchev–Trinajstić information content (AvgIpc) is 2.50. The molecule has 0 fully saturated rings. The number of hydrogen-bond donors (Lipinski definition) is 1. The van der Waals surface area contributed by atoms with Crippen molar-refractivity contribution in [2.24, 2.45) is 0 Å². The number of hydrogen-bond acceptors (Lipinski definition) is 2. The van der Waals surface area contributed by atoms with E-state index in [0.717, 1.165) is 12.2 Å². The fourth-order valence-electron chi connectivity index (χ4n) is 2.58. The molecule has 1 atom stereocenters. The Morgan fingerprint density at radius 2 is 1.76 bits per heavy atom. The number of benzene rings is 2. The molecule has 0 bridgehead atoms. The van der Waals surface area contributed by atoms with Crippen LogP contribution in [0.1, 0.15) is 31.0 Å². The van der Waals surface area contributed by atoms with Crippen molar-refractivity contribution in [3.05, 3.63) is 65.5 Å². The molecule has 112 valence electrons. The van der Waals surface area contributed by atoms with Crippen LogP contribution in [0.5, 0.6) is 0 Å². The zero-order valence-electron chi connectivity index (χ0n) is 12.9. The maximum atomic E-state index is 13.8. The van der Waals surface area contributed by atoms with E-state index >= 15 is 0 Å². The first-order valence-electron chi connectivity index (χ1n) is 7.40. The quantitative estimate of drug-likeness (QED) is 0.859. The fourth-order valence-corrected chi connectivity index (χ4v) is 2.58. The van der Waals surface area contributed by atoms with Crippen molar-refractivity contribution in [1.82, 2.24) is 5.32 Å². The molecule has 0 spiro atoms. The van der Waals surface area contributed by atoms with Gasteiger partial charge in [-0.1, -0.05) is 43.3 Å². The predicted octanol–water partition coefficient (Wildman–Crippen LogP) is 4.13. The van der Waals surface area contributed by atoms with Gasteiger partial charge >= 0.3 is 0 Å². The molecule has 0 radical (unpaired) electrons. The van der Waals surface area contributed by atoms with Gasteiger partial charge in [0.05, 0.1) is 0 Å². The van der Waals surface area contributed by atoms with E-state index in [4.69, 9.17) is 0 Å². The van der Waals surface area contributed by atoms with E-state index in [1.54, 1.807) is 6.07 Å². The monoisotopic (exact) mass is 286 g/mol. The zero-order chi connectivity index (χ0) is 15.2. The zero-order valence-corrected chi connectivity index (χ0v) is 12.9. The van der Waals surface area contributed by atoms with E-state index in [-0.39, 0.29) is 11.9 Å². The van der Waals surface area contributed by atoms with Gasteiger partial charge in [-0.05, 0) is 31.2 Å². The molecule has 1 unspecified atom stereocenters. The van der Waals surface area contributed by atoms with E-state index in [1.807, 2.05) is 31.3 Å². The first-order valence-corrected chi connectivity index (χ1v) is 7.40. The molecule has 2 rings (SSSR count). The van der Waals surface area contributed by atoms with Crippen molar-refractivity contribution in [3.63, 3.8) is 0 Å². The minimum Gasteiger partial charge on any atom is -0.370 e. The molecule has 2 nitrogen and oxygen atoms in total. The summed E-state index contributed by atoms with van der Waals surface area (Å²) in [6.07, 6.45) is 0. The van der Waals surface area contributed by atoms with Gasteiger partial charge in [-0.25, -0.2) is 4.39 Å². The molecular weight excluding hydrogens is 263 g/mol. The predicted molar refractivity (Wildman–Crippen MR) is 87.0 cm³/mol. The van der Waals surface area contributed by atoms with Crippen LogP contribution in [0.4, 0.5) is 10.1 Å². The number of rotatable bonds is 6. The lowest BCUT2D eigenvalue weighted by atomic mass is 10.0. The van der Waals surface area contributed by atoms with E-state index < -0.39 is 0 Å². The molecule has 0 saturated heterocycles. The van der Waals surface area contributed by atoms with Gasteiger partial charge in [-0.15, -0.1) is 0 Å². The van der Waals surface area contributed by atoms with E-state index in [9.17, 15) is 4.39 Å². The van der Waals surface area contributed by atoms with E-state index in [1.165, 1.54) is 11.6 Å². The number of nitrogens with one attached hydrogen (secondary N) is 1. The van der Waals surface area contributed by atoms with Crippen molar-refractivity contribution in [2.75, 3.05) is 18.5 Å². The second-order valence-electron chi connectivity index (χ2n) is 5.29. The number of halogens is 1. The second kappa shape index (κ2) is 7.23. The fraction of sp³-hybridized carbons (Fsp3) is 0.333. The Kier molecular flexibility index (Phi) is 5.34. The minimum atomic E-state index is -0.151. The van der Waals surface area contributed by atoms with Crippen LogP contribution in [0.25, 0.3) is 0 Å². The van der Waals surface area contributed by atoms with Gasteiger partial charge in [0.2, 0.25) is 0 Å². The molecule has 21 heavy (non-hydrogen) atoms. The van der Waals surface area contributed by atoms with Crippen LogP contribution in [-0.2, 0) is 6.54 Å². The molecule has 2 aromatic carbocycles. The van der Waals surface area contributed by atoms with Crippen molar-refractivity contribution in [2.45, 2.75) is 26.4 Å². The number of nitrogens with zero attached hydrogens (tertiary/aromatic N) is 1. The first-order chi connectivity index (χ1) is 10.1. The van der Waals surface area contributed by atoms with Crippen molar-refractivity contribution >= 4 is 5.69 Å². The van der Waals surface area contributed by atoms with Gasteiger partial charge in [0.25, 0.3) is 0 Å². The number of para-hydroxylation sites is 1. The van der Waals surface area contributed by atoms with Crippen LogP contribution in [-0.4, -0.2) is 13.6 Å². The summed E-state index contributed by atoms with van der Waals surface area (Å²) in [7, 11) is 2.00. The molecule has 1 N–H and O–H groups in total. The summed E-state index contributed by atoms with van der Waals surface area (Å²) < 4.78 is 13.8. The third-order valence-electron chi connectivity index (χ3n) is 3.69. The first kappa shape index (κ1) is 15.5. The molecule has 0 aliphatic rings. The average molecular weight is 286 g/mol. The van der Waals surface area contributed by atoms with Gasteiger partial charge in [-0.2, -0.15) is 0 Å². The van der Waals surface area contributed by atoms with Gasteiger partial charge in [-0.3, -0.25) is 0 Å². The lowest BCUT2D eigenvalue weighted by molar-refractivity contribution is 0.594. The normalized spacial score (nSPS) is 12.2. The van der Waals surface area contributed by atoms with Crippen molar-refractivity contribution in [3.8, 4) is 0 Å². The minimum absolute atomic E-state index is 0.151. The van der Waals surface area contributed by atoms with Gasteiger partial charge < -0.3 is 10.2 Å². The summed E-state index contributed by atoms with van der Waals surface area (Å²) in [6, 6.07) is 15.5.